The van der Waals surface area contributed by atoms with E-state index < -0.39 is 6.04 Å². The van der Waals surface area contributed by atoms with Gasteiger partial charge in [-0.15, -0.1) is 0 Å². The number of esters is 1. The fourth-order valence-corrected chi connectivity index (χ4v) is 2.39. The number of nitrogens with one attached hydrogen (secondary N) is 1. The first-order chi connectivity index (χ1) is 10.2. The van der Waals surface area contributed by atoms with Crippen LogP contribution in [0.25, 0.3) is 0 Å². The van der Waals surface area contributed by atoms with Crippen molar-refractivity contribution in [1.29, 1.82) is 5.26 Å². The number of rotatable bonds is 4. The first-order valence-electron chi connectivity index (χ1n) is 6.95. The minimum absolute atomic E-state index is 0.284. The summed E-state index contributed by atoms with van der Waals surface area (Å²) in [6, 6.07) is 5.83. The molecule has 1 N–H and O–H groups in total. The van der Waals surface area contributed by atoms with Crippen LogP contribution in [0.5, 0.6) is 0 Å². The van der Waals surface area contributed by atoms with Gasteiger partial charge in [-0.1, -0.05) is 0 Å². The van der Waals surface area contributed by atoms with Crippen molar-refractivity contribution in [1.82, 2.24) is 10.2 Å². The predicted molar refractivity (Wildman–Crippen MR) is 74.8 cm³/mol. The molecule has 0 aromatic heterocycles. The Kier molecular flexibility index (Phi) is 5.26. The smallest absolute Gasteiger partial charge is 0.324 e. The molecule has 1 aliphatic heterocycles. The van der Waals surface area contributed by atoms with Crippen LogP contribution in [0, 0.1) is 17.1 Å². The van der Waals surface area contributed by atoms with Gasteiger partial charge in [-0.3, -0.25) is 9.69 Å². The molecule has 1 unspecified atom stereocenters. The number of benzene rings is 1. The summed E-state index contributed by atoms with van der Waals surface area (Å²) in [5, 5.41) is 12.0. The zero-order valence-corrected chi connectivity index (χ0v) is 11.9. The Morgan fingerprint density at radius 3 is 3.14 bits per heavy atom. The van der Waals surface area contributed by atoms with Crippen LogP contribution in [-0.2, 0) is 16.1 Å². The lowest BCUT2D eigenvalue weighted by atomic mass is 10.1. The van der Waals surface area contributed by atoms with E-state index in [1.165, 1.54) is 18.2 Å². The lowest BCUT2D eigenvalue weighted by molar-refractivity contribution is -0.150. The van der Waals surface area contributed by atoms with E-state index in [-0.39, 0.29) is 18.3 Å². The fourth-order valence-electron chi connectivity index (χ4n) is 2.39. The second kappa shape index (κ2) is 7.16. The third-order valence-corrected chi connectivity index (χ3v) is 3.46. The van der Waals surface area contributed by atoms with Crippen LogP contribution in [0.1, 0.15) is 18.1 Å². The van der Waals surface area contributed by atoms with Crippen molar-refractivity contribution in [2.45, 2.75) is 19.5 Å². The molecule has 1 aromatic rings. The van der Waals surface area contributed by atoms with E-state index in [2.05, 4.69) is 5.32 Å². The summed E-state index contributed by atoms with van der Waals surface area (Å²) in [6.07, 6.45) is 0. The van der Waals surface area contributed by atoms with Crippen LogP contribution in [0.4, 0.5) is 4.39 Å². The Hall–Kier alpha value is -1.97. The number of piperazine rings is 1. The number of hydrogen-bond donors (Lipinski definition) is 1. The minimum Gasteiger partial charge on any atom is -0.465 e. The zero-order chi connectivity index (χ0) is 15.2. The Labute approximate surface area is 123 Å². The van der Waals surface area contributed by atoms with E-state index in [1.807, 2.05) is 11.0 Å². The van der Waals surface area contributed by atoms with Crippen molar-refractivity contribution < 1.29 is 13.9 Å². The molecule has 1 aromatic carbocycles. The van der Waals surface area contributed by atoms with E-state index in [0.717, 1.165) is 6.54 Å². The highest BCUT2D eigenvalue weighted by atomic mass is 19.1. The van der Waals surface area contributed by atoms with Gasteiger partial charge in [0.2, 0.25) is 0 Å². The lowest BCUT2D eigenvalue weighted by Crippen LogP contribution is -2.54. The molecular formula is C15H18FN3O2. The summed E-state index contributed by atoms with van der Waals surface area (Å²) < 4.78 is 18.9. The van der Waals surface area contributed by atoms with E-state index >= 15 is 0 Å². The molecule has 0 saturated carbocycles. The van der Waals surface area contributed by atoms with Gasteiger partial charge in [-0.25, -0.2) is 4.39 Å². The van der Waals surface area contributed by atoms with Gasteiger partial charge in [-0.2, -0.15) is 5.26 Å². The Bertz CT molecular complexity index is 556. The molecule has 6 heteroatoms. The topological polar surface area (TPSA) is 65.4 Å². The number of ether oxygens (including phenoxy) is 1. The molecule has 0 amide bonds. The quantitative estimate of drug-likeness (QED) is 0.840. The van der Waals surface area contributed by atoms with Crippen molar-refractivity contribution in [3.63, 3.8) is 0 Å². The first kappa shape index (κ1) is 15.4. The summed E-state index contributed by atoms with van der Waals surface area (Å²) in [6.45, 7) is 4.20. The van der Waals surface area contributed by atoms with Crippen molar-refractivity contribution in [2.75, 3.05) is 26.2 Å². The van der Waals surface area contributed by atoms with Crippen molar-refractivity contribution >= 4 is 5.97 Å². The molecular weight excluding hydrogens is 273 g/mol. The molecule has 1 aliphatic rings. The SMILES string of the molecule is CCOC(=O)C1CNCCN1Cc1cc(C#N)ccc1F. The van der Waals surface area contributed by atoms with Crippen LogP contribution in [0.15, 0.2) is 18.2 Å². The maximum Gasteiger partial charge on any atom is 0.324 e. The monoisotopic (exact) mass is 291 g/mol. The highest BCUT2D eigenvalue weighted by molar-refractivity contribution is 5.76. The third kappa shape index (κ3) is 3.78. The molecule has 112 valence electrons. The van der Waals surface area contributed by atoms with Gasteiger partial charge in [0.25, 0.3) is 0 Å². The van der Waals surface area contributed by atoms with Crippen LogP contribution < -0.4 is 5.32 Å². The van der Waals surface area contributed by atoms with E-state index in [4.69, 9.17) is 10.00 Å². The summed E-state index contributed by atoms with van der Waals surface area (Å²) in [5.74, 6) is -0.670. The lowest BCUT2D eigenvalue weighted by Gasteiger charge is -2.34. The first-order valence-corrected chi connectivity index (χ1v) is 6.95. The van der Waals surface area contributed by atoms with Gasteiger partial charge < -0.3 is 10.1 Å². The number of carbonyl (C=O) groups is 1. The number of carbonyl (C=O) groups excluding carboxylic acids is 1. The molecule has 21 heavy (non-hydrogen) atoms. The van der Waals surface area contributed by atoms with E-state index in [1.54, 1.807) is 6.92 Å². The number of nitriles is 1. The molecule has 2 rings (SSSR count). The Morgan fingerprint density at radius 2 is 2.43 bits per heavy atom. The van der Waals surface area contributed by atoms with Gasteiger partial charge in [0.15, 0.2) is 0 Å². The van der Waals surface area contributed by atoms with Gasteiger partial charge in [-0.05, 0) is 25.1 Å². The van der Waals surface area contributed by atoms with Crippen molar-refractivity contribution in [2.24, 2.45) is 0 Å². The van der Waals surface area contributed by atoms with Crippen molar-refractivity contribution in [3.8, 4) is 6.07 Å². The fraction of sp³-hybridized carbons (Fsp3) is 0.467. The number of nitrogens with zero attached hydrogens (tertiary/aromatic N) is 2. The highest BCUT2D eigenvalue weighted by Crippen LogP contribution is 2.16. The van der Waals surface area contributed by atoms with Gasteiger partial charge in [0, 0.05) is 31.7 Å². The summed E-state index contributed by atoms with van der Waals surface area (Å²) in [4.78, 5) is 13.8. The summed E-state index contributed by atoms with van der Waals surface area (Å²) in [5.41, 5.74) is 0.833. The largest absolute Gasteiger partial charge is 0.465 e. The molecule has 1 fully saturated rings. The van der Waals surface area contributed by atoms with Crippen LogP contribution >= 0.6 is 0 Å². The zero-order valence-electron chi connectivity index (χ0n) is 11.9. The predicted octanol–water partition coefficient (Wildman–Crippen LogP) is 1.03. The summed E-state index contributed by atoms with van der Waals surface area (Å²) in [7, 11) is 0. The molecule has 0 spiro atoms. The average molecular weight is 291 g/mol. The maximum absolute atomic E-state index is 13.9. The third-order valence-electron chi connectivity index (χ3n) is 3.46. The minimum atomic E-state index is -0.427. The number of hydrogen-bond acceptors (Lipinski definition) is 5. The second-order valence-corrected chi connectivity index (χ2v) is 4.86. The summed E-state index contributed by atoms with van der Waals surface area (Å²) >= 11 is 0. The van der Waals surface area contributed by atoms with Crippen LogP contribution in [0.2, 0.25) is 0 Å². The molecule has 0 bridgehead atoms. The van der Waals surface area contributed by atoms with E-state index in [9.17, 15) is 9.18 Å². The average Bonchev–Trinajstić information content (AvgIpc) is 2.50. The Morgan fingerprint density at radius 1 is 1.62 bits per heavy atom. The van der Waals surface area contributed by atoms with Crippen LogP contribution in [0.3, 0.4) is 0 Å². The highest BCUT2D eigenvalue weighted by Gasteiger charge is 2.30. The van der Waals surface area contributed by atoms with Gasteiger partial charge in [0.05, 0.1) is 18.2 Å². The second-order valence-electron chi connectivity index (χ2n) is 4.86. The number of halogens is 1. The molecule has 0 aliphatic carbocycles. The molecule has 1 atom stereocenters. The van der Waals surface area contributed by atoms with E-state index in [0.29, 0.717) is 30.8 Å². The normalized spacial score (nSPS) is 19.0. The molecule has 0 radical (unpaired) electrons. The Balaban J connectivity index is 2.16. The van der Waals surface area contributed by atoms with Gasteiger partial charge in [0.1, 0.15) is 11.9 Å². The standard InChI is InChI=1S/C15H18FN3O2/c1-2-21-15(20)14-9-18-5-6-19(14)10-12-7-11(8-17)3-4-13(12)16/h3-4,7,14,18H,2,5-6,9-10H2,1H3. The molecule has 1 saturated heterocycles. The molecule has 5 nitrogen and oxygen atoms in total. The van der Waals surface area contributed by atoms with Crippen LogP contribution in [-0.4, -0.2) is 43.2 Å². The maximum atomic E-state index is 13.9. The molecule has 1 heterocycles. The van der Waals surface area contributed by atoms with Gasteiger partial charge >= 0.3 is 5.97 Å². The van der Waals surface area contributed by atoms with Crippen molar-refractivity contribution in [3.05, 3.63) is 35.1 Å².